The van der Waals surface area contributed by atoms with E-state index in [9.17, 15) is 13.8 Å². The van der Waals surface area contributed by atoms with E-state index in [4.69, 9.17) is 10.00 Å². The van der Waals surface area contributed by atoms with Crippen LogP contribution in [0.3, 0.4) is 0 Å². The number of ether oxygens (including phenoxy) is 1. The van der Waals surface area contributed by atoms with Crippen LogP contribution in [0.2, 0.25) is 0 Å². The van der Waals surface area contributed by atoms with Crippen LogP contribution in [0.15, 0.2) is 74.8 Å². The van der Waals surface area contributed by atoms with Crippen LogP contribution in [0.5, 0.6) is 0 Å². The first-order valence-corrected chi connectivity index (χ1v) is 13.7. The minimum absolute atomic E-state index is 0.261. The van der Waals surface area contributed by atoms with Crippen molar-refractivity contribution in [2.75, 3.05) is 18.1 Å². The van der Waals surface area contributed by atoms with Gasteiger partial charge in [0.1, 0.15) is 23.7 Å². The molecular weight excluding hydrogens is 490 g/mol. The third kappa shape index (κ3) is 7.75. The van der Waals surface area contributed by atoms with Gasteiger partial charge in [-0.15, -0.1) is 4.36 Å². The summed E-state index contributed by atoms with van der Waals surface area (Å²) in [5, 5.41) is 11.9. The quantitative estimate of drug-likeness (QED) is 0.254. The zero-order chi connectivity index (χ0) is 27.1. The molecule has 3 aromatic rings. The maximum Gasteiger partial charge on any atom is 0.326 e. The number of anilines is 1. The zero-order valence-electron chi connectivity index (χ0n) is 21.4. The van der Waals surface area contributed by atoms with Gasteiger partial charge in [0.2, 0.25) is 6.19 Å². The Bertz CT molecular complexity index is 1460. The summed E-state index contributed by atoms with van der Waals surface area (Å²) in [5.41, 5.74) is 0.906. The Hall–Kier alpha value is -3.97. The summed E-state index contributed by atoms with van der Waals surface area (Å²) in [4.78, 5) is 30.9. The first kappa shape index (κ1) is 27.6. The summed E-state index contributed by atoms with van der Waals surface area (Å²) in [5.74, 6) is -0.308. The molecule has 194 valence electrons. The normalized spacial score (nSPS) is 12.7. The first-order chi connectivity index (χ1) is 17.5. The molecule has 9 nitrogen and oxygen atoms in total. The Labute approximate surface area is 217 Å². The molecule has 0 aliphatic carbocycles. The number of aromatic nitrogens is 2. The maximum absolute atomic E-state index is 13.4. The van der Waals surface area contributed by atoms with Crippen molar-refractivity contribution in [3.05, 3.63) is 76.7 Å². The van der Waals surface area contributed by atoms with E-state index in [1.165, 1.54) is 22.6 Å². The first-order valence-electron chi connectivity index (χ1n) is 11.8. The second-order valence-corrected chi connectivity index (χ2v) is 11.8. The fraction of sp³-hybridized carbons (Fsp3) is 0.333. The summed E-state index contributed by atoms with van der Waals surface area (Å²) in [6, 6.07) is 16.5. The lowest BCUT2D eigenvalue weighted by Crippen LogP contribution is -2.33. The molecular formula is C27H31N5O4S. The molecule has 1 N–H and O–H groups in total. The van der Waals surface area contributed by atoms with E-state index < -0.39 is 26.9 Å². The van der Waals surface area contributed by atoms with E-state index in [1.807, 2.05) is 18.2 Å². The van der Waals surface area contributed by atoms with Crippen molar-refractivity contribution in [1.29, 1.82) is 5.26 Å². The van der Waals surface area contributed by atoms with Crippen molar-refractivity contribution in [3.8, 4) is 17.6 Å². The molecule has 1 heterocycles. The van der Waals surface area contributed by atoms with E-state index in [1.54, 1.807) is 51.2 Å². The maximum atomic E-state index is 13.4. The Morgan fingerprint density at radius 3 is 2.46 bits per heavy atom. The van der Waals surface area contributed by atoms with E-state index >= 15 is 0 Å². The van der Waals surface area contributed by atoms with Crippen LogP contribution in [0.1, 0.15) is 32.8 Å². The summed E-state index contributed by atoms with van der Waals surface area (Å²) in [6.45, 7) is 5.49. The SMILES string of the molecule is CC(C)(C)OC(=O)Cn1c(-c2ccc(S(C)(=O)=NC#N)cc2)ncc(NCCCc2ccccc2)c1=O. The van der Waals surface area contributed by atoms with E-state index in [2.05, 4.69) is 26.8 Å². The van der Waals surface area contributed by atoms with Crippen LogP contribution in [0.25, 0.3) is 11.4 Å². The molecule has 1 atom stereocenters. The summed E-state index contributed by atoms with van der Waals surface area (Å²) >= 11 is 0. The largest absolute Gasteiger partial charge is 0.459 e. The molecule has 0 fully saturated rings. The van der Waals surface area contributed by atoms with Crippen LogP contribution >= 0.6 is 0 Å². The molecule has 0 aliphatic rings. The van der Waals surface area contributed by atoms with Gasteiger partial charge in [0.15, 0.2) is 0 Å². The molecule has 1 aromatic heterocycles. The van der Waals surface area contributed by atoms with Crippen LogP contribution in [0, 0.1) is 11.5 Å². The topological polar surface area (TPSA) is 126 Å². The number of nitrogens with zero attached hydrogens (tertiary/aromatic N) is 4. The van der Waals surface area contributed by atoms with Crippen LogP contribution in [-0.4, -0.2) is 38.1 Å². The number of esters is 1. The molecule has 0 spiro atoms. The average molecular weight is 522 g/mol. The monoisotopic (exact) mass is 521 g/mol. The predicted octanol–water partition coefficient (Wildman–Crippen LogP) is 4.23. The fourth-order valence-electron chi connectivity index (χ4n) is 3.64. The Morgan fingerprint density at radius 2 is 1.84 bits per heavy atom. The average Bonchev–Trinajstić information content (AvgIpc) is 2.83. The number of nitriles is 1. The molecule has 10 heteroatoms. The van der Waals surface area contributed by atoms with Gasteiger partial charge in [-0.25, -0.2) is 9.19 Å². The van der Waals surface area contributed by atoms with Crippen molar-refractivity contribution in [2.24, 2.45) is 4.36 Å². The lowest BCUT2D eigenvalue weighted by Gasteiger charge is -2.21. The van der Waals surface area contributed by atoms with E-state index in [0.29, 0.717) is 17.0 Å². The van der Waals surface area contributed by atoms with E-state index in [-0.39, 0.29) is 18.1 Å². The number of nitrogens with one attached hydrogen (secondary N) is 1. The van der Waals surface area contributed by atoms with Gasteiger partial charge in [0.05, 0.1) is 15.9 Å². The second kappa shape index (κ2) is 11.8. The van der Waals surface area contributed by atoms with Crippen LogP contribution in [0.4, 0.5) is 5.69 Å². The Balaban J connectivity index is 1.90. The van der Waals surface area contributed by atoms with Crippen molar-refractivity contribution < 1.29 is 13.7 Å². The minimum atomic E-state index is -2.87. The third-order valence-corrected chi connectivity index (χ3v) is 6.90. The molecule has 37 heavy (non-hydrogen) atoms. The van der Waals surface area contributed by atoms with Crippen molar-refractivity contribution in [2.45, 2.75) is 50.7 Å². The molecule has 0 radical (unpaired) electrons. The van der Waals surface area contributed by atoms with Crippen molar-refractivity contribution in [1.82, 2.24) is 9.55 Å². The van der Waals surface area contributed by atoms with E-state index in [0.717, 1.165) is 12.8 Å². The van der Waals surface area contributed by atoms with Gasteiger partial charge in [0, 0.05) is 23.3 Å². The highest BCUT2D eigenvalue weighted by atomic mass is 32.2. The minimum Gasteiger partial charge on any atom is -0.459 e. The molecule has 2 aromatic carbocycles. The predicted molar refractivity (Wildman–Crippen MR) is 143 cm³/mol. The fourth-order valence-corrected chi connectivity index (χ4v) is 4.54. The number of aryl methyl sites for hydroxylation is 1. The highest BCUT2D eigenvalue weighted by Crippen LogP contribution is 2.21. The van der Waals surface area contributed by atoms with Gasteiger partial charge in [-0.2, -0.15) is 5.26 Å². The number of rotatable bonds is 9. The van der Waals surface area contributed by atoms with Gasteiger partial charge in [-0.1, -0.05) is 42.5 Å². The highest BCUT2D eigenvalue weighted by Gasteiger charge is 2.20. The zero-order valence-corrected chi connectivity index (χ0v) is 22.2. The summed E-state index contributed by atoms with van der Waals surface area (Å²) in [6.07, 6.45) is 6.07. The van der Waals surface area contributed by atoms with Gasteiger partial charge >= 0.3 is 5.97 Å². The van der Waals surface area contributed by atoms with Gasteiger partial charge in [0.25, 0.3) is 5.56 Å². The van der Waals surface area contributed by atoms with Gasteiger partial charge < -0.3 is 10.1 Å². The molecule has 3 rings (SSSR count). The molecule has 0 amide bonds. The van der Waals surface area contributed by atoms with Gasteiger partial charge in [-0.3, -0.25) is 14.2 Å². The number of carbonyl (C=O) groups is 1. The lowest BCUT2D eigenvalue weighted by atomic mass is 10.1. The van der Waals surface area contributed by atoms with Crippen LogP contribution in [-0.2, 0) is 32.2 Å². The molecule has 0 saturated heterocycles. The summed E-state index contributed by atoms with van der Waals surface area (Å²) < 4.78 is 22.8. The standard InChI is InChI=1S/C27H31N5O4S/c1-27(2,3)36-24(33)18-32-25(21-12-14-22(15-13-21)37(4,35)31-19-28)30-17-23(26(32)34)29-16-8-11-20-9-6-5-7-10-20/h5-7,9-10,12-15,17,29H,8,11,16,18H2,1-4H3. The van der Waals surface area contributed by atoms with Gasteiger partial charge in [-0.05, 0) is 51.3 Å². The molecule has 0 bridgehead atoms. The Kier molecular flexibility index (Phi) is 8.84. The lowest BCUT2D eigenvalue weighted by molar-refractivity contribution is -0.155. The highest BCUT2D eigenvalue weighted by molar-refractivity contribution is 7.93. The number of hydrogen-bond acceptors (Lipinski definition) is 8. The van der Waals surface area contributed by atoms with Crippen LogP contribution < -0.4 is 10.9 Å². The number of carbonyl (C=O) groups excluding carboxylic acids is 1. The molecule has 0 saturated carbocycles. The molecule has 1 unspecified atom stereocenters. The number of hydrogen-bond donors (Lipinski definition) is 1. The second-order valence-electron chi connectivity index (χ2n) is 9.51. The molecule has 0 aliphatic heterocycles. The van der Waals surface area contributed by atoms with Crippen molar-refractivity contribution in [3.63, 3.8) is 0 Å². The smallest absolute Gasteiger partial charge is 0.326 e. The summed E-state index contributed by atoms with van der Waals surface area (Å²) in [7, 11) is -2.87. The number of benzene rings is 2. The third-order valence-electron chi connectivity index (χ3n) is 5.32. The Morgan fingerprint density at radius 1 is 1.16 bits per heavy atom. The van der Waals surface area contributed by atoms with Crippen molar-refractivity contribution >= 4 is 21.4 Å².